The zero-order valence-electron chi connectivity index (χ0n) is 9.99. The molecule has 0 atom stereocenters. The molecule has 0 spiro atoms. The molecule has 2 rings (SSSR count). The van der Waals surface area contributed by atoms with Gasteiger partial charge in [0.1, 0.15) is 0 Å². The van der Waals surface area contributed by atoms with Crippen LogP contribution in [0.5, 0.6) is 0 Å². The van der Waals surface area contributed by atoms with E-state index in [1.807, 2.05) is 19.9 Å². The van der Waals surface area contributed by atoms with Gasteiger partial charge in [0, 0.05) is 12.0 Å². The Balaban J connectivity index is 2.57. The van der Waals surface area contributed by atoms with E-state index in [1.165, 1.54) is 6.07 Å². The van der Waals surface area contributed by atoms with Crippen LogP contribution >= 0.6 is 0 Å². The van der Waals surface area contributed by atoms with Crippen molar-refractivity contribution in [2.75, 3.05) is 11.9 Å². The average molecular weight is 243 g/mol. The number of hydrogen-bond donors (Lipinski definition) is 1. The van der Waals surface area contributed by atoms with Gasteiger partial charge in [0.15, 0.2) is 0 Å². The van der Waals surface area contributed by atoms with Gasteiger partial charge in [0.05, 0.1) is 11.3 Å². The second-order valence-electron chi connectivity index (χ2n) is 4.57. The van der Waals surface area contributed by atoms with E-state index in [4.69, 9.17) is 0 Å². The van der Waals surface area contributed by atoms with Crippen molar-refractivity contribution >= 4 is 5.69 Å². The first kappa shape index (κ1) is 12.3. The summed E-state index contributed by atoms with van der Waals surface area (Å²) < 4.78 is 38.6. The normalized spacial score (nSPS) is 17.7. The van der Waals surface area contributed by atoms with E-state index in [1.54, 1.807) is 0 Å². The third-order valence-electron chi connectivity index (χ3n) is 3.90. The molecule has 1 aliphatic rings. The molecule has 1 N–H and O–H groups in total. The van der Waals surface area contributed by atoms with Crippen molar-refractivity contribution in [3.63, 3.8) is 0 Å². The fraction of sp³-hybridized carbons (Fsp3) is 0.538. The SMILES string of the molecule is CCC1(CC)CNc2c(C(F)(F)F)cccc21. The maximum absolute atomic E-state index is 12.9. The average Bonchev–Trinajstić information content (AvgIpc) is 2.67. The number of hydrogen-bond acceptors (Lipinski definition) is 1. The van der Waals surface area contributed by atoms with Crippen LogP contribution in [0.1, 0.15) is 37.8 Å². The van der Waals surface area contributed by atoms with Gasteiger partial charge < -0.3 is 5.32 Å². The van der Waals surface area contributed by atoms with E-state index in [2.05, 4.69) is 5.32 Å². The largest absolute Gasteiger partial charge is 0.418 e. The van der Waals surface area contributed by atoms with Crippen LogP contribution in [-0.4, -0.2) is 6.54 Å². The van der Waals surface area contributed by atoms with Crippen LogP contribution in [0.25, 0.3) is 0 Å². The molecule has 1 nitrogen and oxygen atoms in total. The van der Waals surface area contributed by atoms with Crippen LogP contribution in [0.15, 0.2) is 18.2 Å². The van der Waals surface area contributed by atoms with Crippen LogP contribution in [0, 0.1) is 0 Å². The second kappa shape index (κ2) is 3.93. The number of anilines is 1. The number of alkyl halides is 3. The van der Waals surface area contributed by atoms with Crippen LogP contribution in [0.2, 0.25) is 0 Å². The number of fused-ring (bicyclic) bond motifs is 1. The first-order valence-electron chi connectivity index (χ1n) is 5.89. The molecule has 0 aromatic heterocycles. The first-order valence-corrected chi connectivity index (χ1v) is 5.89. The Morgan fingerprint density at radius 1 is 1.24 bits per heavy atom. The molecule has 1 heterocycles. The third kappa shape index (κ3) is 1.79. The van der Waals surface area contributed by atoms with E-state index in [-0.39, 0.29) is 11.1 Å². The number of benzene rings is 1. The smallest absolute Gasteiger partial charge is 0.383 e. The minimum atomic E-state index is -4.28. The Morgan fingerprint density at radius 3 is 2.41 bits per heavy atom. The Bertz CT molecular complexity index is 419. The summed E-state index contributed by atoms with van der Waals surface area (Å²) in [5, 5.41) is 2.95. The van der Waals surface area contributed by atoms with Crippen molar-refractivity contribution in [3.05, 3.63) is 29.3 Å². The molecule has 17 heavy (non-hydrogen) atoms. The van der Waals surface area contributed by atoms with Gasteiger partial charge in [-0.1, -0.05) is 26.0 Å². The molecule has 0 aliphatic carbocycles. The van der Waals surface area contributed by atoms with Crippen LogP contribution < -0.4 is 5.32 Å². The number of rotatable bonds is 2. The molecule has 0 fully saturated rings. The highest BCUT2D eigenvalue weighted by Crippen LogP contribution is 2.47. The number of nitrogens with one attached hydrogen (secondary N) is 1. The molecule has 94 valence electrons. The molecule has 0 saturated carbocycles. The summed E-state index contributed by atoms with van der Waals surface area (Å²) in [6.45, 7) is 4.66. The molecule has 0 saturated heterocycles. The maximum atomic E-state index is 12.9. The summed E-state index contributed by atoms with van der Waals surface area (Å²) in [6.07, 6.45) is -2.58. The Hall–Kier alpha value is -1.19. The van der Waals surface area contributed by atoms with Crippen molar-refractivity contribution < 1.29 is 13.2 Å². The summed E-state index contributed by atoms with van der Waals surface area (Å²) in [5.74, 6) is 0. The van der Waals surface area contributed by atoms with Gasteiger partial charge in [-0.15, -0.1) is 0 Å². The third-order valence-corrected chi connectivity index (χ3v) is 3.90. The van der Waals surface area contributed by atoms with Gasteiger partial charge in [0.25, 0.3) is 0 Å². The predicted octanol–water partition coefficient (Wildman–Crippen LogP) is 4.19. The van der Waals surface area contributed by atoms with Crippen molar-refractivity contribution in [2.45, 2.75) is 38.3 Å². The van der Waals surface area contributed by atoms with Gasteiger partial charge in [0.2, 0.25) is 0 Å². The topological polar surface area (TPSA) is 12.0 Å². The summed E-state index contributed by atoms with van der Waals surface area (Å²) in [6, 6.07) is 4.47. The summed E-state index contributed by atoms with van der Waals surface area (Å²) in [7, 11) is 0. The van der Waals surface area contributed by atoms with Gasteiger partial charge in [-0.3, -0.25) is 0 Å². The van der Waals surface area contributed by atoms with Gasteiger partial charge in [-0.2, -0.15) is 13.2 Å². The van der Waals surface area contributed by atoms with Crippen LogP contribution in [0.4, 0.5) is 18.9 Å². The second-order valence-corrected chi connectivity index (χ2v) is 4.57. The number of halogens is 3. The minimum Gasteiger partial charge on any atom is -0.383 e. The quantitative estimate of drug-likeness (QED) is 0.821. The Labute approximate surface area is 99.0 Å². The Morgan fingerprint density at radius 2 is 1.88 bits per heavy atom. The van der Waals surface area contributed by atoms with E-state index < -0.39 is 11.7 Å². The zero-order valence-corrected chi connectivity index (χ0v) is 9.99. The van der Waals surface area contributed by atoms with Gasteiger partial charge in [-0.05, 0) is 24.5 Å². The molecule has 0 unspecified atom stereocenters. The van der Waals surface area contributed by atoms with Crippen molar-refractivity contribution in [3.8, 4) is 0 Å². The molecule has 1 aromatic rings. The first-order chi connectivity index (χ1) is 7.94. The minimum absolute atomic E-state index is 0.142. The molecular weight excluding hydrogens is 227 g/mol. The van der Waals surface area contributed by atoms with Crippen LogP contribution in [0.3, 0.4) is 0 Å². The molecule has 4 heteroatoms. The fourth-order valence-corrected chi connectivity index (χ4v) is 2.65. The highest BCUT2D eigenvalue weighted by molar-refractivity contribution is 5.66. The van der Waals surface area contributed by atoms with E-state index >= 15 is 0 Å². The monoisotopic (exact) mass is 243 g/mol. The van der Waals surface area contributed by atoms with Gasteiger partial charge >= 0.3 is 6.18 Å². The maximum Gasteiger partial charge on any atom is 0.418 e. The van der Waals surface area contributed by atoms with Crippen molar-refractivity contribution in [1.82, 2.24) is 0 Å². The van der Waals surface area contributed by atoms with Crippen LogP contribution in [-0.2, 0) is 11.6 Å². The lowest BCUT2D eigenvalue weighted by Gasteiger charge is -2.26. The molecule has 0 radical (unpaired) electrons. The molecule has 1 aromatic carbocycles. The van der Waals surface area contributed by atoms with Crippen molar-refractivity contribution in [2.24, 2.45) is 0 Å². The molecule has 0 amide bonds. The van der Waals surface area contributed by atoms with Gasteiger partial charge in [-0.25, -0.2) is 0 Å². The van der Waals surface area contributed by atoms with E-state index in [9.17, 15) is 13.2 Å². The number of para-hydroxylation sites is 1. The summed E-state index contributed by atoms with van der Waals surface area (Å²) >= 11 is 0. The molecule has 1 aliphatic heterocycles. The highest BCUT2D eigenvalue weighted by Gasteiger charge is 2.42. The molecular formula is C13H16F3N. The fourth-order valence-electron chi connectivity index (χ4n) is 2.65. The lowest BCUT2D eigenvalue weighted by molar-refractivity contribution is -0.136. The van der Waals surface area contributed by atoms with E-state index in [0.29, 0.717) is 6.54 Å². The predicted molar refractivity (Wildman–Crippen MR) is 62.2 cm³/mol. The summed E-state index contributed by atoms with van der Waals surface area (Å²) in [4.78, 5) is 0. The van der Waals surface area contributed by atoms with Crippen molar-refractivity contribution in [1.29, 1.82) is 0 Å². The lowest BCUT2D eigenvalue weighted by Crippen LogP contribution is -2.26. The molecule has 0 bridgehead atoms. The zero-order chi connectivity index (χ0) is 12.7. The summed E-state index contributed by atoms with van der Waals surface area (Å²) in [5.41, 5.74) is 0.413. The standard InChI is InChI=1S/C13H16F3N/c1-3-12(4-2)8-17-11-9(12)6-5-7-10(11)13(14,15)16/h5-7,17H,3-4,8H2,1-2H3. The Kier molecular flexibility index (Phi) is 2.84. The lowest BCUT2D eigenvalue weighted by atomic mass is 9.77. The highest BCUT2D eigenvalue weighted by atomic mass is 19.4. The van der Waals surface area contributed by atoms with E-state index in [0.717, 1.165) is 24.5 Å².